The Labute approximate surface area is 135 Å². The lowest BCUT2D eigenvalue weighted by Gasteiger charge is -2.09. The van der Waals surface area contributed by atoms with Crippen LogP contribution in [-0.4, -0.2) is 15.6 Å². The average molecular weight is 331 g/mol. The molecule has 1 N–H and O–H groups in total. The molecular formula is C18H12F3NO2. The van der Waals surface area contributed by atoms with Crippen LogP contribution in [0, 0.1) is 0 Å². The van der Waals surface area contributed by atoms with Gasteiger partial charge in [-0.25, -0.2) is 4.79 Å². The fourth-order valence-electron chi connectivity index (χ4n) is 2.40. The highest BCUT2D eigenvalue weighted by atomic mass is 19.4. The lowest BCUT2D eigenvalue weighted by Crippen LogP contribution is -2.05. The zero-order chi connectivity index (χ0) is 17.3. The van der Waals surface area contributed by atoms with Crippen LogP contribution in [0.4, 0.5) is 13.2 Å². The summed E-state index contributed by atoms with van der Waals surface area (Å²) in [5.41, 5.74) is 1.21. The number of carboxylic acid groups (broad SMARTS) is 1. The van der Waals surface area contributed by atoms with Crippen LogP contribution < -0.4 is 0 Å². The molecule has 1 aromatic heterocycles. The molecule has 122 valence electrons. The highest BCUT2D eigenvalue weighted by molar-refractivity contribution is 5.89. The van der Waals surface area contributed by atoms with E-state index in [1.807, 2.05) is 0 Å². The molecule has 0 unspecified atom stereocenters. The van der Waals surface area contributed by atoms with E-state index in [0.717, 1.165) is 17.7 Å². The molecule has 0 aliphatic carbocycles. The SMILES string of the molecule is O=C(O)c1cccc(-c2ccn(-c3cccc(C(F)(F)F)c3)c2)c1. The van der Waals surface area contributed by atoms with Crippen LogP contribution >= 0.6 is 0 Å². The van der Waals surface area contributed by atoms with Gasteiger partial charge in [-0.15, -0.1) is 0 Å². The minimum atomic E-state index is -4.40. The van der Waals surface area contributed by atoms with Gasteiger partial charge >= 0.3 is 12.1 Å². The zero-order valence-electron chi connectivity index (χ0n) is 12.3. The van der Waals surface area contributed by atoms with E-state index in [1.54, 1.807) is 41.2 Å². The Balaban J connectivity index is 1.97. The molecule has 3 aromatic rings. The highest BCUT2D eigenvalue weighted by Gasteiger charge is 2.30. The second-order valence-corrected chi connectivity index (χ2v) is 5.24. The summed E-state index contributed by atoms with van der Waals surface area (Å²) < 4.78 is 40.0. The van der Waals surface area contributed by atoms with E-state index in [-0.39, 0.29) is 5.56 Å². The Hall–Kier alpha value is -3.02. The summed E-state index contributed by atoms with van der Waals surface area (Å²) in [7, 11) is 0. The number of hydrogen-bond acceptors (Lipinski definition) is 1. The molecule has 1 heterocycles. The van der Waals surface area contributed by atoms with Gasteiger partial charge in [-0.1, -0.05) is 18.2 Å². The van der Waals surface area contributed by atoms with Crippen molar-refractivity contribution in [3.05, 3.63) is 78.1 Å². The minimum Gasteiger partial charge on any atom is -0.478 e. The third-order valence-corrected chi connectivity index (χ3v) is 3.61. The average Bonchev–Trinajstić information content (AvgIpc) is 3.04. The summed E-state index contributed by atoms with van der Waals surface area (Å²) in [5, 5.41) is 9.03. The molecule has 0 amide bonds. The van der Waals surface area contributed by atoms with Gasteiger partial charge in [-0.2, -0.15) is 13.2 Å². The first-order chi connectivity index (χ1) is 11.3. The second kappa shape index (κ2) is 5.88. The molecular weight excluding hydrogens is 319 g/mol. The largest absolute Gasteiger partial charge is 0.478 e. The molecule has 3 nitrogen and oxygen atoms in total. The van der Waals surface area contributed by atoms with Crippen LogP contribution in [0.1, 0.15) is 15.9 Å². The molecule has 0 saturated carbocycles. The van der Waals surface area contributed by atoms with Crippen LogP contribution in [0.15, 0.2) is 67.0 Å². The van der Waals surface area contributed by atoms with Crippen LogP contribution in [0.2, 0.25) is 0 Å². The summed E-state index contributed by atoms with van der Waals surface area (Å²) in [6.45, 7) is 0. The highest BCUT2D eigenvalue weighted by Crippen LogP contribution is 2.31. The number of carboxylic acids is 1. The maximum Gasteiger partial charge on any atom is 0.416 e. The van der Waals surface area contributed by atoms with E-state index in [9.17, 15) is 18.0 Å². The maximum atomic E-state index is 12.8. The number of rotatable bonds is 3. The Kier molecular flexibility index (Phi) is 3.89. The van der Waals surface area contributed by atoms with E-state index in [4.69, 9.17) is 5.11 Å². The molecule has 0 spiro atoms. The minimum absolute atomic E-state index is 0.152. The first-order valence-corrected chi connectivity index (χ1v) is 7.04. The van der Waals surface area contributed by atoms with E-state index in [1.165, 1.54) is 18.2 Å². The maximum absolute atomic E-state index is 12.8. The summed E-state index contributed by atoms with van der Waals surface area (Å²) in [6.07, 6.45) is -1.10. The Morgan fingerprint density at radius 2 is 1.71 bits per heavy atom. The van der Waals surface area contributed by atoms with Crippen molar-refractivity contribution in [3.63, 3.8) is 0 Å². The quantitative estimate of drug-likeness (QED) is 0.744. The number of carbonyl (C=O) groups is 1. The Morgan fingerprint density at radius 3 is 2.42 bits per heavy atom. The number of alkyl halides is 3. The fourth-order valence-corrected chi connectivity index (χ4v) is 2.40. The van der Waals surface area contributed by atoms with Crippen LogP contribution in [0.3, 0.4) is 0 Å². The molecule has 24 heavy (non-hydrogen) atoms. The Morgan fingerprint density at radius 1 is 0.958 bits per heavy atom. The van der Waals surface area contributed by atoms with Crippen molar-refractivity contribution in [2.24, 2.45) is 0 Å². The molecule has 3 rings (SSSR count). The van der Waals surface area contributed by atoms with Crippen LogP contribution in [0.5, 0.6) is 0 Å². The summed E-state index contributed by atoms with van der Waals surface area (Å²) in [4.78, 5) is 11.0. The van der Waals surface area contributed by atoms with Gasteiger partial charge in [0.05, 0.1) is 11.1 Å². The third-order valence-electron chi connectivity index (χ3n) is 3.61. The van der Waals surface area contributed by atoms with Crippen molar-refractivity contribution < 1.29 is 23.1 Å². The van der Waals surface area contributed by atoms with Gasteiger partial charge < -0.3 is 9.67 Å². The van der Waals surface area contributed by atoms with Gasteiger partial charge in [-0.3, -0.25) is 0 Å². The number of aromatic nitrogens is 1. The van der Waals surface area contributed by atoms with Gasteiger partial charge in [0.25, 0.3) is 0 Å². The predicted molar refractivity (Wildman–Crippen MR) is 83.2 cm³/mol. The van der Waals surface area contributed by atoms with Gasteiger partial charge in [0.1, 0.15) is 0 Å². The van der Waals surface area contributed by atoms with Crippen LogP contribution in [0.25, 0.3) is 16.8 Å². The molecule has 0 fully saturated rings. The Bertz CT molecular complexity index is 897. The molecule has 6 heteroatoms. The lowest BCUT2D eigenvalue weighted by molar-refractivity contribution is -0.137. The molecule has 0 radical (unpaired) electrons. The first kappa shape index (κ1) is 15.9. The smallest absolute Gasteiger partial charge is 0.416 e. The van der Waals surface area contributed by atoms with Crippen molar-refractivity contribution in [2.45, 2.75) is 6.18 Å². The zero-order valence-corrected chi connectivity index (χ0v) is 12.3. The van der Waals surface area contributed by atoms with Crippen molar-refractivity contribution in [1.29, 1.82) is 0 Å². The van der Waals surface area contributed by atoms with E-state index in [2.05, 4.69) is 0 Å². The number of nitrogens with zero attached hydrogens (tertiary/aromatic N) is 1. The topological polar surface area (TPSA) is 42.2 Å². The molecule has 0 bridgehead atoms. The summed E-state index contributed by atoms with van der Waals surface area (Å²) >= 11 is 0. The summed E-state index contributed by atoms with van der Waals surface area (Å²) in [5.74, 6) is -1.03. The molecule has 0 aliphatic heterocycles. The van der Waals surface area contributed by atoms with E-state index >= 15 is 0 Å². The van der Waals surface area contributed by atoms with Crippen molar-refractivity contribution in [1.82, 2.24) is 4.57 Å². The molecule has 0 atom stereocenters. The number of hydrogen-bond donors (Lipinski definition) is 1. The van der Waals surface area contributed by atoms with Gasteiger partial charge in [0, 0.05) is 18.1 Å². The monoisotopic (exact) mass is 331 g/mol. The molecule has 2 aromatic carbocycles. The van der Waals surface area contributed by atoms with Crippen molar-refractivity contribution >= 4 is 5.97 Å². The standard InChI is InChI=1S/C18H12F3NO2/c19-18(20,21)15-5-2-6-16(10-15)22-8-7-14(11-22)12-3-1-4-13(9-12)17(23)24/h1-11H,(H,23,24). The molecule has 0 saturated heterocycles. The third kappa shape index (κ3) is 3.17. The van der Waals surface area contributed by atoms with E-state index in [0.29, 0.717) is 11.3 Å². The fraction of sp³-hybridized carbons (Fsp3) is 0.0556. The van der Waals surface area contributed by atoms with E-state index < -0.39 is 17.7 Å². The summed E-state index contributed by atoms with van der Waals surface area (Å²) in [6, 6.07) is 13.1. The van der Waals surface area contributed by atoms with Gasteiger partial charge in [-0.05, 0) is 47.5 Å². The van der Waals surface area contributed by atoms with Crippen molar-refractivity contribution in [3.8, 4) is 16.8 Å². The number of benzene rings is 2. The van der Waals surface area contributed by atoms with Gasteiger partial charge in [0.2, 0.25) is 0 Å². The normalized spacial score (nSPS) is 11.5. The van der Waals surface area contributed by atoms with Crippen molar-refractivity contribution in [2.75, 3.05) is 0 Å². The number of aromatic carboxylic acids is 1. The first-order valence-electron chi connectivity index (χ1n) is 7.04. The molecule has 0 aliphatic rings. The van der Waals surface area contributed by atoms with Crippen LogP contribution in [-0.2, 0) is 6.18 Å². The number of halogens is 3. The lowest BCUT2D eigenvalue weighted by atomic mass is 10.1. The second-order valence-electron chi connectivity index (χ2n) is 5.24. The predicted octanol–water partition coefficient (Wildman–Crippen LogP) is 4.86. The van der Waals surface area contributed by atoms with Gasteiger partial charge in [0.15, 0.2) is 0 Å².